The van der Waals surface area contributed by atoms with Gasteiger partial charge in [0.2, 0.25) is 0 Å². The van der Waals surface area contributed by atoms with Crippen LogP contribution in [0.25, 0.3) is 0 Å². The second-order valence-electron chi connectivity index (χ2n) is 9.80. The lowest BCUT2D eigenvalue weighted by molar-refractivity contribution is 0.0696. The molecule has 0 aliphatic heterocycles. The van der Waals surface area contributed by atoms with Gasteiger partial charge in [-0.25, -0.2) is 4.99 Å². The summed E-state index contributed by atoms with van der Waals surface area (Å²) in [6.45, 7) is 8.10. The summed E-state index contributed by atoms with van der Waals surface area (Å²) >= 11 is 0. The van der Waals surface area contributed by atoms with Crippen molar-refractivity contribution < 1.29 is 9.59 Å². The summed E-state index contributed by atoms with van der Waals surface area (Å²) in [6.07, 6.45) is 10.6. The molecular weight excluding hydrogens is 448 g/mol. The van der Waals surface area contributed by atoms with Crippen LogP contribution in [-0.2, 0) is 0 Å². The van der Waals surface area contributed by atoms with Crippen molar-refractivity contribution in [2.45, 2.75) is 78.2 Å². The van der Waals surface area contributed by atoms with Crippen LogP contribution in [0.2, 0.25) is 0 Å². The van der Waals surface area contributed by atoms with Gasteiger partial charge in [-0.3, -0.25) is 9.59 Å². The Labute approximate surface area is 216 Å². The van der Waals surface area contributed by atoms with Crippen molar-refractivity contribution in [1.29, 1.82) is 0 Å². The average molecular weight is 491 g/mol. The number of hydrogen-bond donors (Lipinski definition) is 1. The van der Waals surface area contributed by atoms with Crippen molar-refractivity contribution in [3.05, 3.63) is 59.2 Å². The third kappa shape index (κ3) is 7.42. The molecule has 3 rings (SSSR count). The van der Waals surface area contributed by atoms with Gasteiger partial charge in [0, 0.05) is 37.3 Å². The molecule has 0 unspecified atom stereocenters. The Morgan fingerprint density at radius 1 is 1.00 bits per heavy atom. The average Bonchev–Trinajstić information content (AvgIpc) is 2.91. The standard InChI is InChI=1S/C30H42N4O2/c1-5-7-11-20-34(6-2)28-19-18-25(30(36)33(4)26-12-9-8-10-13-26)21-27(28)31-22-32-29(35)24-16-14-23(3)15-17-24/h14-19,21-22,26H,5-13,20H2,1-4H3,(H,31,32,35). The number of aryl methyl sites for hydroxylation is 1. The molecule has 0 aromatic heterocycles. The van der Waals surface area contributed by atoms with E-state index >= 15 is 0 Å². The number of carbonyl (C=O) groups excluding carboxylic acids is 2. The molecule has 1 saturated carbocycles. The van der Waals surface area contributed by atoms with E-state index in [2.05, 4.69) is 29.1 Å². The lowest BCUT2D eigenvalue weighted by Gasteiger charge is -2.31. The van der Waals surface area contributed by atoms with Crippen LogP contribution in [0.3, 0.4) is 0 Å². The highest BCUT2D eigenvalue weighted by molar-refractivity contribution is 6.01. The van der Waals surface area contributed by atoms with E-state index in [1.165, 1.54) is 32.0 Å². The maximum atomic E-state index is 13.3. The van der Waals surface area contributed by atoms with E-state index in [0.717, 1.165) is 50.0 Å². The first kappa shape index (κ1) is 27.4. The third-order valence-electron chi connectivity index (χ3n) is 7.13. The zero-order valence-corrected chi connectivity index (χ0v) is 22.4. The lowest BCUT2D eigenvalue weighted by atomic mass is 9.94. The predicted octanol–water partition coefficient (Wildman–Crippen LogP) is 6.51. The van der Waals surface area contributed by atoms with Gasteiger partial charge in [0.25, 0.3) is 11.8 Å². The fourth-order valence-electron chi connectivity index (χ4n) is 4.82. The molecule has 0 spiro atoms. The van der Waals surface area contributed by atoms with Gasteiger partial charge in [-0.1, -0.05) is 56.7 Å². The maximum Gasteiger partial charge on any atom is 0.256 e. The highest BCUT2D eigenvalue weighted by atomic mass is 16.2. The number of carbonyl (C=O) groups is 2. The molecule has 2 aromatic rings. The molecule has 1 fully saturated rings. The zero-order valence-electron chi connectivity index (χ0n) is 22.4. The second kappa shape index (κ2) is 13.8. The third-order valence-corrected chi connectivity index (χ3v) is 7.13. The summed E-state index contributed by atoms with van der Waals surface area (Å²) in [6, 6.07) is 13.5. The van der Waals surface area contributed by atoms with Gasteiger partial charge in [0.15, 0.2) is 0 Å². The van der Waals surface area contributed by atoms with Crippen LogP contribution in [0.5, 0.6) is 0 Å². The Kier molecular flexibility index (Phi) is 10.5. The van der Waals surface area contributed by atoms with Gasteiger partial charge in [-0.2, -0.15) is 0 Å². The minimum atomic E-state index is -0.208. The Balaban J connectivity index is 1.83. The number of unbranched alkanes of at least 4 members (excludes halogenated alkanes) is 2. The molecule has 0 radical (unpaired) electrons. The van der Waals surface area contributed by atoms with Crippen LogP contribution in [0.1, 0.15) is 91.5 Å². The minimum absolute atomic E-state index is 0.0302. The molecule has 1 N–H and O–H groups in total. The molecule has 6 nitrogen and oxygen atoms in total. The smallest absolute Gasteiger partial charge is 0.256 e. The summed E-state index contributed by atoms with van der Waals surface area (Å²) in [5.74, 6) is -0.178. The van der Waals surface area contributed by atoms with Crippen LogP contribution in [-0.4, -0.2) is 49.2 Å². The highest BCUT2D eigenvalue weighted by Crippen LogP contribution is 2.31. The van der Waals surface area contributed by atoms with E-state index in [9.17, 15) is 9.59 Å². The molecule has 6 heteroatoms. The molecule has 0 bridgehead atoms. The number of hydrogen-bond acceptors (Lipinski definition) is 4. The molecule has 1 aliphatic rings. The Morgan fingerprint density at radius 3 is 2.36 bits per heavy atom. The van der Waals surface area contributed by atoms with E-state index in [1.807, 2.05) is 49.2 Å². The van der Waals surface area contributed by atoms with Crippen molar-refractivity contribution in [2.75, 3.05) is 25.0 Å². The van der Waals surface area contributed by atoms with Crippen LogP contribution < -0.4 is 10.2 Å². The Bertz CT molecular complexity index is 1030. The van der Waals surface area contributed by atoms with Crippen molar-refractivity contribution in [3.8, 4) is 0 Å². The molecule has 0 saturated heterocycles. The summed E-state index contributed by atoms with van der Waals surface area (Å²) in [4.78, 5) is 34.7. The van der Waals surface area contributed by atoms with Crippen LogP contribution in [0.15, 0.2) is 47.5 Å². The first-order chi connectivity index (χ1) is 17.4. The SMILES string of the molecule is CCCCCN(CC)c1ccc(C(=O)N(C)C2CCCCC2)cc1N=CNC(=O)c1ccc(C)cc1. The van der Waals surface area contributed by atoms with E-state index in [-0.39, 0.29) is 11.8 Å². The molecule has 36 heavy (non-hydrogen) atoms. The maximum absolute atomic E-state index is 13.3. The van der Waals surface area contributed by atoms with Crippen LogP contribution in [0, 0.1) is 6.92 Å². The molecule has 1 aliphatic carbocycles. The number of nitrogens with one attached hydrogen (secondary N) is 1. The summed E-state index contributed by atoms with van der Waals surface area (Å²) in [7, 11) is 1.92. The van der Waals surface area contributed by atoms with E-state index in [0.29, 0.717) is 22.9 Å². The summed E-state index contributed by atoms with van der Waals surface area (Å²) < 4.78 is 0. The fourth-order valence-corrected chi connectivity index (χ4v) is 4.82. The quantitative estimate of drug-likeness (QED) is 0.222. The van der Waals surface area contributed by atoms with Crippen molar-refractivity contribution in [2.24, 2.45) is 4.99 Å². The van der Waals surface area contributed by atoms with Gasteiger partial charge in [0.1, 0.15) is 0 Å². The Hall–Kier alpha value is -3.15. The molecular formula is C30H42N4O2. The van der Waals surface area contributed by atoms with E-state index < -0.39 is 0 Å². The normalized spacial score (nSPS) is 14.1. The van der Waals surface area contributed by atoms with Gasteiger partial charge >= 0.3 is 0 Å². The molecule has 0 atom stereocenters. The summed E-state index contributed by atoms with van der Waals surface area (Å²) in [5.41, 5.74) is 3.99. The van der Waals surface area contributed by atoms with Gasteiger partial charge in [-0.15, -0.1) is 0 Å². The number of anilines is 1. The summed E-state index contributed by atoms with van der Waals surface area (Å²) in [5, 5.41) is 2.78. The molecule has 2 aromatic carbocycles. The monoisotopic (exact) mass is 490 g/mol. The predicted molar refractivity (Wildman–Crippen MR) is 150 cm³/mol. The largest absolute Gasteiger partial charge is 0.370 e. The van der Waals surface area contributed by atoms with Crippen molar-refractivity contribution in [1.82, 2.24) is 10.2 Å². The number of nitrogens with zero attached hydrogens (tertiary/aromatic N) is 3. The minimum Gasteiger partial charge on any atom is -0.370 e. The first-order valence-corrected chi connectivity index (χ1v) is 13.5. The van der Waals surface area contributed by atoms with Crippen molar-refractivity contribution in [3.63, 3.8) is 0 Å². The lowest BCUT2D eigenvalue weighted by Crippen LogP contribution is -2.38. The van der Waals surface area contributed by atoms with E-state index in [1.54, 1.807) is 12.1 Å². The highest BCUT2D eigenvalue weighted by Gasteiger charge is 2.24. The number of benzene rings is 2. The molecule has 0 heterocycles. The van der Waals surface area contributed by atoms with Crippen molar-refractivity contribution >= 4 is 29.5 Å². The molecule has 2 amide bonds. The molecule has 194 valence electrons. The number of amides is 2. The fraction of sp³-hybridized carbons (Fsp3) is 0.500. The topological polar surface area (TPSA) is 65.0 Å². The number of aliphatic imine (C=N–C) groups is 1. The zero-order chi connectivity index (χ0) is 25.9. The first-order valence-electron chi connectivity index (χ1n) is 13.5. The van der Waals surface area contributed by atoms with Crippen LogP contribution in [0.4, 0.5) is 11.4 Å². The second-order valence-corrected chi connectivity index (χ2v) is 9.80. The van der Waals surface area contributed by atoms with Gasteiger partial charge in [-0.05, 0) is 63.4 Å². The van der Waals surface area contributed by atoms with Crippen LogP contribution >= 0.6 is 0 Å². The van der Waals surface area contributed by atoms with E-state index in [4.69, 9.17) is 0 Å². The number of rotatable bonds is 11. The van der Waals surface area contributed by atoms with Gasteiger partial charge in [0.05, 0.1) is 17.7 Å². The Morgan fingerprint density at radius 2 is 1.69 bits per heavy atom. The van der Waals surface area contributed by atoms with Gasteiger partial charge < -0.3 is 15.1 Å².